The Balaban J connectivity index is 3.66. The third-order valence-corrected chi connectivity index (χ3v) is 1.98. The van der Waals surface area contributed by atoms with Crippen LogP contribution in [0.25, 0.3) is 0 Å². The molecule has 0 bridgehead atoms. The average Bonchev–Trinajstić information content (AvgIpc) is 2.03. The lowest BCUT2D eigenvalue weighted by Crippen LogP contribution is -2.21. The van der Waals surface area contributed by atoms with Crippen molar-refractivity contribution in [1.29, 1.82) is 0 Å². The highest BCUT2D eigenvalue weighted by molar-refractivity contribution is 4.90. The van der Waals surface area contributed by atoms with Crippen LogP contribution >= 0.6 is 0 Å². The van der Waals surface area contributed by atoms with Crippen LogP contribution in [0.15, 0.2) is 12.7 Å². The van der Waals surface area contributed by atoms with E-state index >= 15 is 0 Å². The zero-order valence-electron chi connectivity index (χ0n) is 8.34. The van der Waals surface area contributed by atoms with Gasteiger partial charge in [-0.15, -0.1) is 6.58 Å². The Hall–Kier alpha value is -0.340. The first-order valence-electron chi connectivity index (χ1n) is 4.40. The first-order chi connectivity index (χ1) is 5.54. The van der Waals surface area contributed by atoms with Crippen molar-refractivity contribution in [2.45, 2.75) is 33.3 Å². The van der Waals surface area contributed by atoms with Gasteiger partial charge in [0.2, 0.25) is 0 Å². The zero-order valence-corrected chi connectivity index (χ0v) is 8.34. The normalized spacial score (nSPS) is 16.1. The van der Waals surface area contributed by atoms with E-state index in [1.165, 1.54) is 0 Å². The molecule has 0 aliphatic rings. The highest BCUT2D eigenvalue weighted by atomic mass is 16.5. The van der Waals surface area contributed by atoms with Crippen molar-refractivity contribution in [3.63, 3.8) is 0 Å². The molecule has 2 nitrogen and oxygen atoms in total. The lowest BCUT2D eigenvalue weighted by Gasteiger charge is -2.23. The maximum Gasteiger partial charge on any atom is 0.0520 e. The molecule has 72 valence electrons. The highest BCUT2D eigenvalue weighted by Crippen LogP contribution is 2.21. The van der Waals surface area contributed by atoms with Crippen molar-refractivity contribution in [3.05, 3.63) is 12.7 Å². The minimum absolute atomic E-state index is 0.137. The summed E-state index contributed by atoms with van der Waals surface area (Å²) < 4.78 is 5.38. The maximum atomic E-state index is 9.02. The molecule has 0 aromatic carbocycles. The summed E-state index contributed by atoms with van der Waals surface area (Å²) in [6.45, 7) is 10.5. The van der Waals surface area contributed by atoms with Crippen LogP contribution in [-0.2, 0) is 4.74 Å². The fourth-order valence-corrected chi connectivity index (χ4v) is 0.773. The molecule has 0 aromatic heterocycles. The monoisotopic (exact) mass is 172 g/mol. The van der Waals surface area contributed by atoms with Crippen LogP contribution in [0.2, 0.25) is 0 Å². The van der Waals surface area contributed by atoms with E-state index in [-0.39, 0.29) is 18.1 Å². The molecule has 0 spiro atoms. The van der Waals surface area contributed by atoms with Crippen LogP contribution < -0.4 is 0 Å². The smallest absolute Gasteiger partial charge is 0.0520 e. The molecule has 1 atom stereocenters. The van der Waals surface area contributed by atoms with Crippen molar-refractivity contribution in [2.75, 3.05) is 13.2 Å². The molecule has 0 amide bonds. The van der Waals surface area contributed by atoms with E-state index in [2.05, 4.69) is 6.58 Å². The molecule has 12 heavy (non-hydrogen) atoms. The van der Waals surface area contributed by atoms with Crippen LogP contribution in [-0.4, -0.2) is 24.4 Å². The summed E-state index contributed by atoms with van der Waals surface area (Å²) in [6, 6.07) is 0. The van der Waals surface area contributed by atoms with Gasteiger partial charge in [-0.1, -0.05) is 13.0 Å². The number of rotatable bonds is 6. The summed E-state index contributed by atoms with van der Waals surface area (Å²) in [5.74, 6) is 0. The van der Waals surface area contributed by atoms with E-state index in [9.17, 15) is 0 Å². The second-order valence-corrected chi connectivity index (χ2v) is 3.69. The van der Waals surface area contributed by atoms with Gasteiger partial charge in [-0.2, -0.15) is 0 Å². The zero-order chi connectivity index (χ0) is 9.61. The van der Waals surface area contributed by atoms with Gasteiger partial charge in [0.1, 0.15) is 0 Å². The molecule has 2 heteroatoms. The molecule has 0 aliphatic heterocycles. The third kappa shape index (κ3) is 4.52. The first kappa shape index (κ1) is 11.7. The minimum Gasteiger partial charge on any atom is -0.395 e. The van der Waals surface area contributed by atoms with Crippen LogP contribution in [0.1, 0.15) is 27.2 Å². The molecule has 1 unspecified atom stereocenters. The molecule has 1 N–H and O–H groups in total. The van der Waals surface area contributed by atoms with Crippen LogP contribution in [0.4, 0.5) is 0 Å². The van der Waals surface area contributed by atoms with Gasteiger partial charge in [0.15, 0.2) is 0 Å². The third-order valence-electron chi connectivity index (χ3n) is 1.98. The lowest BCUT2D eigenvalue weighted by atomic mass is 9.88. The summed E-state index contributed by atoms with van der Waals surface area (Å²) in [7, 11) is 0. The number of ether oxygens (including phenoxy) is 1. The fraction of sp³-hybridized carbons (Fsp3) is 0.800. The molecule has 0 aliphatic carbocycles. The summed E-state index contributed by atoms with van der Waals surface area (Å²) >= 11 is 0. The summed E-state index contributed by atoms with van der Waals surface area (Å²) in [5, 5.41) is 9.02. The highest BCUT2D eigenvalue weighted by Gasteiger charge is 2.18. The molecule has 0 aromatic rings. The van der Waals surface area contributed by atoms with Crippen LogP contribution in [0, 0.1) is 5.41 Å². The van der Waals surface area contributed by atoms with Crippen molar-refractivity contribution < 1.29 is 9.84 Å². The molecule has 0 fully saturated rings. The van der Waals surface area contributed by atoms with Gasteiger partial charge >= 0.3 is 0 Å². The van der Waals surface area contributed by atoms with Crippen molar-refractivity contribution >= 4 is 0 Å². The summed E-state index contributed by atoms with van der Waals surface area (Å²) in [4.78, 5) is 0. The Labute approximate surface area is 75.2 Å². The van der Waals surface area contributed by atoms with Gasteiger partial charge in [-0.3, -0.25) is 0 Å². The summed E-state index contributed by atoms with van der Waals surface area (Å²) in [6.07, 6.45) is 2.87. The molecular weight excluding hydrogens is 152 g/mol. The maximum absolute atomic E-state index is 9.02. The summed E-state index contributed by atoms with van der Waals surface area (Å²) in [5.41, 5.74) is -0.186. The molecule has 0 radical (unpaired) electrons. The molecule has 0 rings (SSSR count). The van der Waals surface area contributed by atoms with Gasteiger partial charge in [0.05, 0.1) is 12.7 Å². The number of hydrogen-bond donors (Lipinski definition) is 1. The average molecular weight is 172 g/mol. The standard InChI is InChI=1S/C10H20O2/c1-5-10(4,8-11)6-7-12-9(2)3/h5,9,11H,1,6-8H2,2-4H3. The van der Waals surface area contributed by atoms with Crippen molar-refractivity contribution in [2.24, 2.45) is 5.41 Å². The Morgan fingerprint density at radius 2 is 2.17 bits per heavy atom. The van der Waals surface area contributed by atoms with E-state index in [0.717, 1.165) is 6.42 Å². The molecule has 0 saturated carbocycles. The number of aliphatic hydroxyl groups is 1. The number of aliphatic hydroxyl groups excluding tert-OH is 1. The Morgan fingerprint density at radius 1 is 1.58 bits per heavy atom. The van der Waals surface area contributed by atoms with Gasteiger partial charge in [0, 0.05) is 12.0 Å². The van der Waals surface area contributed by atoms with Crippen molar-refractivity contribution in [3.8, 4) is 0 Å². The van der Waals surface area contributed by atoms with E-state index in [1.807, 2.05) is 20.8 Å². The van der Waals surface area contributed by atoms with Gasteiger partial charge < -0.3 is 9.84 Å². The second-order valence-electron chi connectivity index (χ2n) is 3.69. The first-order valence-corrected chi connectivity index (χ1v) is 4.40. The molecular formula is C10H20O2. The van der Waals surface area contributed by atoms with Gasteiger partial charge in [-0.05, 0) is 20.3 Å². The van der Waals surface area contributed by atoms with Crippen LogP contribution in [0.5, 0.6) is 0 Å². The SMILES string of the molecule is C=CC(C)(CO)CCOC(C)C. The Morgan fingerprint density at radius 3 is 2.50 bits per heavy atom. The fourth-order valence-electron chi connectivity index (χ4n) is 0.773. The minimum atomic E-state index is -0.186. The van der Waals surface area contributed by atoms with Gasteiger partial charge in [0.25, 0.3) is 0 Å². The molecule has 0 heterocycles. The largest absolute Gasteiger partial charge is 0.395 e. The quantitative estimate of drug-likeness (QED) is 0.621. The number of hydrogen-bond acceptors (Lipinski definition) is 2. The van der Waals surface area contributed by atoms with Crippen LogP contribution in [0.3, 0.4) is 0 Å². The van der Waals surface area contributed by atoms with Crippen molar-refractivity contribution in [1.82, 2.24) is 0 Å². The van der Waals surface area contributed by atoms with E-state index < -0.39 is 0 Å². The predicted octanol–water partition coefficient (Wildman–Crippen LogP) is 1.99. The van der Waals surface area contributed by atoms with Gasteiger partial charge in [-0.25, -0.2) is 0 Å². The van der Waals surface area contributed by atoms with E-state index in [0.29, 0.717) is 6.61 Å². The molecule has 0 saturated heterocycles. The van der Waals surface area contributed by atoms with E-state index in [1.54, 1.807) is 6.08 Å². The Bertz CT molecular complexity index is 132. The predicted molar refractivity (Wildman–Crippen MR) is 51.1 cm³/mol. The second kappa shape index (κ2) is 5.33. The topological polar surface area (TPSA) is 29.5 Å². The van der Waals surface area contributed by atoms with E-state index in [4.69, 9.17) is 9.84 Å². The Kier molecular flexibility index (Phi) is 5.18. The lowest BCUT2D eigenvalue weighted by molar-refractivity contribution is 0.0501.